The van der Waals surface area contributed by atoms with Crippen molar-refractivity contribution in [2.75, 3.05) is 18.5 Å². The molecule has 7 atom stereocenters. The van der Waals surface area contributed by atoms with Crippen LogP contribution < -0.4 is 5.32 Å². The van der Waals surface area contributed by atoms with Crippen LogP contribution in [0, 0.1) is 0 Å². The van der Waals surface area contributed by atoms with Crippen LogP contribution in [0.4, 0.5) is 5.82 Å². The van der Waals surface area contributed by atoms with Crippen LogP contribution in [-0.2, 0) is 18.5 Å². The molecule has 12 heteroatoms. The van der Waals surface area contributed by atoms with E-state index in [1.807, 2.05) is 35.8 Å². The number of anilines is 1. The lowest BCUT2D eigenvalue weighted by atomic mass is 10.0. The average Bonchev–Trinajstić information content (AvgIpc) is 3.81. The molecule has 2 aromatic carbocycles. The maximum Gasteiger partial charge on any atom is 0.260 e. The summed E-state index contributed by atoms with van der Waals surface area (Å²) < 4.78 is 30.5. The minimum Gasteiger partial charge on any atom is -0.368 e. The Morgan fingerprint density at radius 3 is 2.73 bits per heavy atom. The lowest BCUT2D eigenvalue weighted by Crippen LogP contribution is -2.38. The van der Waals surface area contributed by atoms with Gasteiger partial charge in [-0.05, 0) is 37.5 Å². The third-order valence-corrected chi connectivity index (χ3v) is 10.1. The number of nitrogens with one attached hydrogen (secondary N) is 1. The molecule has 6 heterocycles. The van der Waals surface area contributed by atoms with E-state index in [4.69, 9.17) is 18.5 Å². The van der Waals surface area contributed by atoms with E-state index in [1.165, 1.54) is 11.9 Å². The van der Waals surface area contributed by atoms with Crippen LogP contribution in [0.15, 0.2) is 73.3 Å². The van der Waals surface area contributed by atoms with Gasteiger partial charge in [-0.3, -0.25) is 9.36 Å². The summed E-state index contributed by atoms with van der Waals surface area (Å²) in [5.74, 6) is 0.0639. The predicted octanol–water partition coefficient (Wildman–Crippen LogP) is 4.61. The van der Waals surface area contributed by atoms with E-state index in [-0.39, 0.29) is 24.2 Å². The van der Waals surface area contributed by atoms with Gasteiger partial charge in [-0.2, -0.15) is 0 Å². The number of hydrogen-bond acceptors (Lipinski definition) is 9. The summed E-state index contributed by atoms with van der Waals surface area (Å²) in [5, 5.41) is 2.86. The molecule has 41 heavy (non-hydrogen) atoms. The number of aromatic nitrogens is 4. The Kier molecular flexibility index (Phi) is 6.14. The van der Waals surface area contributed by atoms with Crippen LogP contribution >= 0.6 is 8.53 Å². The van der Waals surface area contributed by atoms with Crippen molar-refractivity contribution in [3.63, 3.8) is 0 Å². The highest BCUT2D eigenvalue weighted by atomic mass is 31.2. The quantitative estimate of drug-likeness (QED) is 0.331. The van der Waals surface area contributed by atoms with Gasteiger partial charge in [0.25, 0.3) is 14.4 Å². The Bertz CT molecular complexity index is 1590. The molecule has 0 radical (unpaired) electrons. The van der Waals surface area contributed by atoms with Crippen molar-refractivity contribution in [3.05, 3.63) is 84.4 Å². The van der Waals surface area contributed by atoms with Crippen LogP contribution in [0.25, 0.3) is 11.2 Å². The molecule has 4 aliphatic rings. The summed E-state index contributed by atoms with van der Waals surface area (Å²) in [5.41, 5.74) is 2.07. The fraction of sp³-hybridized carbons (Fsp3) is 0.379. The predicted molar refractivity (Wildman–Crippen MR) is 150 cm³/mol. The van der Waals surface area contributed by atoms with E-state index in [1.54, 1.807) is 18.5 Å². The molecule has 2 unspecified atom stereocenters. The first kappa shape index (κ1) is 25.4. The number of imidazole rings is 1. The zero-order valence-corrected chi connectivity index (χ0v) is 23.3. The molecule has 0 spiro atoms. The Hall–Kier alpha value is -3.31. The molecule has 2 bridgehead atoms. The van der Waals surface area contributed by atoms with Gasteiger partial charge in [-0.15, -0.1) is 0 Å². The smallest absolute Gasteiger partial charge is 0.260 e. The van der Waals surface area contributed by atoms with Crippen molar-refractivity contribution in [2.45, 2.75) is 55.9 Å². The van der Waals surface area contributed by atoms with Gasteiger partial charge in [-0.1, -0.05) is 48.5 Å². The monoisotopic (exact) mass is 572 g/mol. The van der Waals surface area contributed by atoms with Crippen molar-refractivity contribution in [3.8, 4) is 0 Å². The third-order valence-electron chi connectivity index (χ3n) is 8.40. The lowest BCUT2D eigenvalue weighted by Gasteiger charge is -2.29. The van der Waals surface area contributed by atoms with Crippen molar-refractivity contribution < 1.29 is 23.3 Å². The molecule has 1 amide bonds. The van der Waals surface area contributed by atoms with Crippen molar-refractivity contribution in [1.82, 2.24) is 24.2 Å². The Labute approximate surface area is 237 Å². The van der Waals surface area contributed by atoms with Crippen molar-refractivity contribution >= 4 is 31.4 Å². The lowest BCUT2D eigenvalue weighted by molar-refractivity contribution is -0.164. The molecule has 4 aromatic rings. The number of rotatable bonds is 6. The molecule has 4 fully saturated rings. The molecule has 4 aliphatic heterocycles. The summed E-state index contributed by atoms with van der Waals surface area (Å²) in [6.45, 7) is 3.41. The highest BCUT2D eigenvalue weighted by Crippen LogP contribution is 2.63. The summed E-state index contributed by atoms with van der Waals surface area (Å²) in [7, 11) is -1.28. The zero-order valence-electron chi connectivity index (χ0n) is 22.4. The SMILES string of the molecule is C[C@]12CO[C@@H](C1O[P@@]1OC(c3ccccc3)[C@@H]3CCCN31)[C@H](n1cnc3c(NC(=O)c4ccccc4)ncnc31)O2. The summed E-state index contributed by atoms with van der Waals surface area (Å²) >= 11 is 0. The van der Waals surface area contributed by atoms with Crippen molar-refractivity contribution in [1.29, 1.82) is 0 Å². The highest BCUT2D eigenvalue weighted by Gasteiger charge is 2.63. The average molecular weight is 573 g/mol. The number of benzene rings is 2. The van der Waals surface area contributed by atoms with Crippen LogP contribution in [0.5, 0.6) is 0 Å². The maximum atomic E-state index is 12.8. The van der Waals surface area contributed by atoms with E-state index in [2.05, 4.69) is 49.2 Å². The number of carbonyl (C=O) groups excluding carboxylic acids is 1. The van der Waals surface area contributed by atoms with Gasteiger partial charge in [0.2, 0.25) is 0 Å². The fourth-order valence-electron chi connectivity index (χ4n) is 6.36. The van der Waals surface area contributed by atoms with Crippen molar-refractivity contribution in [2.24, 2.45) is 0 Å². The number of hydrogen-bond donors (Lipinski definition) is 1. The molecule has 0 saturated carbocycles. The standard InChI is InChI=1S/C29H29N6O5P/c1-29-15-37-23(24(29)40-41-35-14-8-13-20(35)22(39-41)18-9-4-2-5-10-18)28(38-29)34-17-32-21-25(30-16-31-26(21)34)33-27(36)19-11-6-3-7-12-19/h2-7,9-12,16-17,20,22-24,28H,8,13-15H2,1H3,(H,30,31,33,36)/t20-,22?,23-,24?,28+,29-,41+/m0/s1. The number of amides is 1. The van der Waals surface area contributed by atoms with E-state index in [0.717, 1.165) is 19.4 Å². The third kappa shape index (κ3) is 4.19. The molecule has 0 aliphatic carbocycles. The second-order valence-corrected chi connectivity index (χ2v) is 12.4. The fourth-order valence-corrected chi connectivity index (χ4v) is 8.43. The zero-order chi connectivity index (χ0) is 27.6. The summed E-state index contributed by atoms with van der Waals surface area (Å²) in [6.07, 6.45) is 4.07. The van der Waals surface area contributed by atoms with Crippen LogP contribution in [0.1, 0.15) is 48.0 Å². The number of ether oxygens (including phenoxy) is 2. The van der Waals surface area contributed by atoms with E-state index in [9.17, 15) is 4.79 Å². The Balaban J connectivity index is 1.04. The normalized spacial score (nSPS) is 32.5. The summed E-state index contributed by atoms with van der Waals surface area (Å²) in [4.78, 5) is 26.1. The van der Waals surface area contributed by atoms with Gasteiger partial charge in [0.05, 0.1) is 12.9 Å². The van der Waals surface area contributed by atoms with Gasteiger partial charge in [0.1, 0.15) is 30.2 Å². The Morgan fingerprint density at radius 2 is 1.90 bits per heavy atom. The highest BCUT2D eigenvalue weighted by molar-refractivity contribution is 7.45. The van der Waals surface area contributed by atoms with Gasteiger partial charge in [0.15, 0.2) is 23.2 Å². The molecule has 2 aromatic heterocycles. The topological polar surface area (TPSA) is 113 Å². The second kappa shape index (κ2) is 9.90. The van der Waals surface area contributed by atoms with E-state index < -0.39 is 20.4 Å². The van der Waals surface area contributed by atoms with Crippen LogP contribution in [-0.4, -0.2) is 67.1 Å². The summed E-state index contributed by atoms with van der Waals surface area (Å²) in [6, 6.07) is 19.7. The molecular weight excluding hydrogens is 543 g/mol. The first-order chi connectivity index (χ1) is 20.1. The van der Waals surface area contributed by atoms with Gasteiger partial charge < -0.3 is 23.8 Å². The molecule has 11 nitrogen and oxygen atoms in total. The number of carbonyl (C=O) groups is 1. The van der Waals surface area contributed by atoms with Crippen LogP contribution in [0.3, 0.4) is 0 Å². The van der Waals surface area contributed by atoms with Gasteiger partial charge >= 0.3 is 0 Å². The van der Waals surface area contributed by atoms with E-state index >= 15 is 0 Å². The minimum atomic E-state index is -1.28. The molecule has 1 N–H and O–H groups in total. The first-order valence-electron chi connectivity index (χ1n) is 13.9. The maximum absolute atomic E-state index is 12.8. The first-order valence-corrected chi connectivity index (χ1v) is 15.0. The van der Waals surface area contributed by atoms with Gasteiger partial charge in [-0.25, -0.2) is 19.6 Å². The van der Waals surface area contributed by atoms with E-state index in [0.29, 0.717) is 35.2 Å². The largest absolute Gasteiger partial charge is 0.368 e. The number of nitrogens with zero attached hydrogens (tertiary/aromatic N) is 5. The second-order valence-electron chi connectivity index (χ2n) is 11.0. The Morgan fingerprint density at radius 1 is 1.10 bits per heavy atom. The molecule has 210 valence electrons. The number of fused-ring (bicyclic) bond motifs is 4. The molecule has 4 saturated heterocycles. The van der Waals surface area contributed by atoms with Gasteiger partial charge in [0, 0.05) is 18.2 Å². The molecule has 8 rings (SSSR count). The van der Waals surface area contributed by atoms with Crippen LogP contribution in [0.2, 0.25) is 0 Å². The minimum absolute atomic E-state index is 0.00637. The molecular formula is C29H29N6O5P.